The van der Waals surface area contributed by atoms with Crippen LogP contribution in [0.5, 0.6) is 5.75 Å². The number of methoxy groups -OCH3 is 1. The molecule has 0 spiro atoms. The number of benzene rings is 1. The Balaban J connectivity index is 1.63. The van der Waals surface area contributed by atoms with E-state index in [0.717, 1.165) is 18.4 Å². The van der Waals surface area contributed by atoms with Crippen molar-refractivity contribution in [1.29, 1.82) is 0 Å². The minimum absolute atomic E-state index is 0.0182. The van der Waals surface area contributed by atoms with Crippen molar-refractivity contribution in [3.05, 3.63) is 41.6 Å². The Morgan fingerprint density at radius 1 is 1.26 bits per heavy atom. The first-order valence-corrected chi connectivity index (χ1v) is 10.2. The van der Waals surface area contributed by atoms with Crippen LogP contribution < -0.4 is 26.0 Å². The Morgan fingerprint density at radius 2 is 2.00 bits per heavy atom. The van der Waals surface area contributed by atoms with Crippen LogP contribution in [0, 0.1) is 6.92 Å². The lowest BCUT2D eigenvalue weighted by Gasteiger charge is -2.32. The first-order valence-electron chi connectivity index (χ1n) is 10.2. The number of ether oxygens (including phenoxy) is 1. The van der Waals surface area contributed by atoms with Crippen LogP contribution in [0.2, 0.25) is 0 Å². The summed E-state index contributed by atoms with van der Waals surface area (Å²) in [6.45, 7) is 4.02. The average molecular weight is 428 g/mol. The summed E-state index contributed by atoms with van der Waals surface area (Å²) in [4.78, 5) is 36.8. The Morgan fingerprint density at radius 3 is 2.68 bits per heavy atom. The van der Waals surface area contributed by atoms with Crippen LogP contribution in [-0.2, 0) is 20.9 Å². The van der Waals surface area contributed by atoms with E-state index in [0.29, 0.717) is 23.7 Å². The number of carbonyl (C=O) groups excluding carboxylic acids is 3. The summed E-state index contributed by atoms with van der Waals surface area (Å²) in [7, 11) is 1.58. The molecule has 2 atom stereocenters. The van der Waals surface area contributed by atoms with Gasteiger partial charge in [-0.1, -0.05) is 25.5 Å². The van der Waals surface area contributed by atoms with Gasteiger partial charge >= 0.3 is 11.8 Å². The summed E-state index contributed by atoms with van der Waals surface area (Å²) >= 11 is 0. The average Bonchev–Trinajstić information content (AvgIpc) is 3.12. The van der Waals surface area contributed by atoms with E-state index in [1.54, 1.807) is 44.4 Å². The van der Waals surface area contributed by atoms with Crippen LogP contribution in [-0.4, -0.2) is 40.7 Å². The third-order valence-electron chi connectivity index (χ3n) is 4.92. The topological polar surface area (TPSA) is 126 Å². The fraction of sp³-hybridized carbons (Fsp3) is 0.429. The van der Waals surface area contributed by atoms with Gasteiger partial charge in [-0.15, -0.1) is 0 Å². The highest BCUT2D eigenvalue weighted by Crippen LogP contribution is 2.18. The van der Waals surface area contributed by atoms with Crippen LogP contribution in [0.15, 0.2) is 30.3 Å². The molecule has 2 unspecified atom stereocenters. The van der Waals surface area contributed by atoms with E-state index in [2.05, 4.69) is 33.3 Å². The lowest BCUT2D eigenvalue weighted by molar-refractivity contribution is -0.136. The summed E-state index contributed by atoms with van der Waals surface area (Å²) in [5, 5.41) is 15.7. The quantitative estimate of drug-likeness (QED) is 0.491. The van der Waals surface area contributed by atoms with Crippen molar-refractivity contribution in [3.63, 3.8) is 0 Å². The number of amides is 3. The smallest absolute Gasteiger partial charge is 0.314 e. The van der Waals surface area contributed by atoms with Crippen molar-refractivity contribution in [2.45, 2.75) is 52.0 Å². The minimum Gasteiger partial charge on any atom is -0.497 e. The number of rotatable bonds is 7. The molecule has 4 N–H and O–H groups in total. The lowest BCUT2D eigenvalue weighted by Crippen LogP contribution is -2.53. The number of anilines is 1. The molecular weight excluding hydrogens is 400 g/mol. The fourth-order valence-corrected chi connectivity index (χ4v) is 3.41. The maximum atomic E-state index is 12.4. The molecule has 31 heavy (non-hydrogen) atoms. The molecule has 1 aliphatic heterocycles. The monoisotopic (exact) mass is 428 g/mol. The highest BCUT2D eigenvalue weighted by atomic mass is 16.5. The summed E-state index contributed by atoms with van der Waals surface area (Å²) in [5.74, 6) is -0.657. The van der Waals surface area contributed by atoms with Gasteiger partial charge in [0.05, 0.1) is 12.8 Å². The molecule has 1 aliphatic rings. The zero-order valence-corrected chi connectivity index (χ0v) is 17.9. The molecule has 0 aliphatic carbocycles. The maximum absolute atomic E-state index is 12.4. The van der Waals surface area contributed by atoms with Crippen molar-refractivity contribution < 1.29 is 19.1 Å². The lowest BCUT2D eigenvalue weighted by atomic mass is 10.1. The number of aryl methyl sites for hydroxylation is 1. The van der Waals surface area contributed by atoms with Gasteiger partial charge in [-0.3, -0.25) is 19.7 Å². The molecule has 0 bridgehead atoms. The Hall–Kier alpha value is -3.40. The van der Waals surface area contributed by atoms with Crippen LogP contribution >= 0.6 is 0 Å². The van der Waals surface area contributed by atoms with Crippen LogP contribution in [0.1, 0.15) is 43.7 Å². The predicted octanol–water partition coefficient (Wildman–Crippen LogP) is 1.19. The normalized spacial score (nSPS) is 18.2. The number of hydrogen-bond donors (Lipinski definition) is 4. The summed E-state index contributed by atoms with van der Waals surface area (Å²) in [5.41, 5.74) is 1.47. The number of hydrogen-bond acceptors (Lipinski definition) is 6. The van der Waals surface area contributed by atoms with Gasteiger partial charge in [0.1, 0.15) is 11.6 Å². The number of nitrogens with one attached hydrogen (secondary N) is 4. The molecule has 1 fully saturated rings. The SMILES string of the molecule is CCCC1CC(=O)NC(n2nc(C)cc2NC(=O)C(=O)NCc2ccc(OC)cc2)N1. The zero-order valence-electron chi connectivity index (χ0n) is 17.9. The second-order valence-corrected chi connectivity index (χ2v) is 7.43. The molecule has 1 aromatic carbocycles. The van der Waals surface area contributed by atoms with E-state index in [1.807, 2.05) is 0 Å². The highest BCUT2D eigenvalue weighted by molar-refractivity contribution is 6.39. The number of nitrogens with zero attached hydrogens (tertiary/aromatic N) is 2. The van der Waals surface area contributed by atoms with E-state index in [1.165, 1.54) is 4.68 Å². The van der Waals surface area contributed by atoms with Crippen LogP contribution in [0.25, 0.3) is 0 Å². The van der Waals surface area contributed by atoms with Crippen molar-refractivity contribution >= 4 is 23.5 Å². The highest BCUT2D eigenvalue weighted by Gasteiger charge is 2.29. The molecule has 3 rings (SSSR count). The Kier molecular flexibility index (Phi) is 7.24. The van der Waals surface area contributed by atoms with Gasteiger partial charge in [-0.25, -0.2) is 4.68 Å². The summed E-state index contributed by atoms with van der Waals surface area (Å²) in [6, 6.07) is 8.83. The van der Waals surface area contributed by atoms with Gasteiger partial charge in [-0.2, -0.15) is 5.10 Å². The van der Waals surface area contributed by atoms with Crippen molar-refractivity contribution in [2.24, 2.45) is 0 Å². The fourth-order valence-electron chi connectivity index (χ4n) is 3.41. The summed E-state index contributed by atoms with van der Waals surface area (Å²) < 4.78 is 6.57. The van der Waals surface area contributed by atoms with Crippen LogP contribution in [0.4, 0.5) is 5.82 Å². The molecule has 10 heteroatoms. The third kappa shape index (κ3) is 5.82. The van der Waals surface area contributed by atoms with Gasteiger partial charge in [0.15, 0.2) is 6.29 Å². The molecule has 0 radical (unpaired) electrons. The van der Waals surface area contributed by atoms with Gasteiger partial charge in [-0.05, 0) is 31.0 Å². The van der Waals surface area contributed by atoms with Crippen molar-refractivity contribution in [2.75, 3.05) is 12.4 Å². The van der Waals surface area contributed by atoms with E-state index < -0.39 is 18.1 Å². The van der Waals surface area contributed by atoms with E-state index in [-0.39, 0.29) is 18.5 Å². The Bertz CT molecular complexity index is 940. The predicted molar refractivity (Wildman–Crippen MR) is 114 cm³/mol. The standard InChI is InChI=1S/C21H28N6O4/c1-4-5-15-11-18(28)25-21(23-15)27-17(10-13(2)26-27)24-20(30)19(29)22-12-14-6-8-16(31-3)9-7-14/h6-10,15,21,23H,4-5,11-12H2,1-3H3,(H,22,29)(H,24,30)(H,25,28). The minimum atomic E-state index is -0.818. The van der Waals surface area contributed by atoms with Gasteiger partial charge in [0.2, 0.25) is 5.91 Å². The van der Waals surface area contributed by atoms with Gasteiger partial charge < -0.3 is 20.7 Å². The first kappa shape index (κ1) is 22.3. The molecular formula is C21H28N6O4. The molecule has 2 aromatic rings. The number of aromatic nitrogens is 2. The molecule has 3 amide bonds. The largest absolute Gasteiger partial charge is 0.497 e. The molecule has 0 saturated carbocycles. The molecule has 166 valence electrons. The summed E-state index contributed by atoms with van der Waals surface area (Å²) in [6.07, 6.45) is 1.57. The first-order chi connectivity index (χ1) is 14.9. The van der Waals surface area contributed by atoms with Crippen molar-refractivity contribution in [3.8, 4) is 5.75 Å². The second kappa shape index (κ2) is 10.1. The van der Waals surface area contributed by atoms with Gasteiger partial charge in [0.25, 0.3) is 0 Å². The molecule has 2 heterocycles. The van der Waals surface area contributed by atoms with E-state index in [9.17, 15) is 14.4 Å². The van der Waals surface area contributed by atoms with Crippen molar-refractivity contribution in [1.82, 2.24) is 25.7 Å². The van der Waals surface area contributed by atoms with E-state index >= 15 is 0 Å². The molecule has 10 nitrogen and oxygen atoms in total. The van der Waals surface area contributed by atoms with Gasteiger partial charge in [0, 0.05) is 25.1 Å². The second-order valence-electron chi connectivity index (χ2n) is 7.43. The Labute approximate surface area is 180 Å². The maximum Gasteiger partial charge on any atom is 0.314 e. The molecule has 1 aromatic heterocycles. The molecule has 1 saturated heterocycles. The zero-order chi connectivity index (χ0) is 22.4. The number of carbonyl (C=O) groups is 3. The third-order valence-corrected chi connectivity index (χ3v) is 4.92. The van der Waals surface area contributed by atoms with Crippen LogP contribution in [0.3, 0.4) is 0 Å². The van der Waals surface area contributed by atoms with E-state index in [4.69, 9.17) is 4.74 Å².